The van der Waals surface area contributed by atoms with E-state index < -0.39 is 35.9 Å². The number of hydrogen-bond acceptors (Lipinski definition) is 8. The van der Waals surface area contributed by atoms with Crippen LogP contribution in [0.4, 0.5) is 10.3 Å². The number of ether oxygens (including phenoxy) is 3. The highest BCUT2D eigenvalue weighted by molar-refractivity contribution is 6.25. The Balaban J connectivity index is 1.52. The SMILES string of the molecule is CO[C@H]1O[C@@H](n2cnc3c(OCc4ccccc4)nc(N(C(=O)c4ccccc4)C(=O)c4ccccc4)nc32)[C@](C)(F)[C@@H]1C. The molecule has 0 bridgehead atoms. The standard InChI is InChI=1S/C33H30FN5O5/c1-21-30(42-3)44-31(33(21,2)34)38-20-35-25-26(38)36-32(37-27(25)43-19-22-13-7-4-8-14-22)39(28(40)23-15-9-5-10-16-23)29(41)24-17-11-6-12-18-24/h4-18,20-21,30-31H,19H2,1-3H3/t21-,30+,31-,33-/m1/s1. The number of alkyl halides is 1. The van der Waals surface area contributed by atoms with Crippen LogP contribution in [0.3, 0.4) is 0 Å². The number of rotatable bonds is 8. The van der Waals surface area contributed by atoms with E-state index in [1.165, 1.54) is 24.9 Å². The van der Waals surface area contributed by atoms with Gasteiger partial charge in [-0.2, -0.15) is 9.97 Å². The molecular weight excluding hydrogens is 565 g/mol. The van der Waals surface area contributed by atoms with E-state index in [9.17, 15) is 9.59 Å². The highest BCUT2D eigenvalue weighted by Gasteiger charge is 2.54. The normalized spacial score (nSPS) is 21.3. The Kier molecular flexibility index (Phi) is 7.90. The van der Waals surface area contributed by atoms with Crippen molar-refractivity contribution >= 4 is 28.9 Å². The van der Waals surface area contributed by atoms with Crippen LogP contribution in [0.1, 0.15) is 46.4 Å². The summed E-state index contributed by atoms with van der Waals surface area (Å²) in [6.45, 7) is 3.23. The van der Waals surface area contributed by atoms with Crippen LogP contribution in [-0.4, -0.2) is 50.4 Å². The largest absolute Gasteiger partial charge is 0.471 e. The molecule has 3 aromatic carbocycles. The molecule has 1 fully saturated rings. The number of imide groups is 1. The summed E-state index contributed by atoms with van der Waals surface area (Å²) >= 11 is 0. The molecule has 10 nitrogen and oxygen atoms in total. The third kappa shape index (κ3) is 5.31. The molecule has 2 aromatic heterocycles. The van der Waals surface area contributed by atoms with E-state index in [4.69, 9.17) is 14.2 Å². The summed E-state index contributed by atoms with van der Waals surface area (Å²) in [4.78, 5) is 42.4. The predicted molar refractivity (Wildman–Crippen MR) is 160 cm³/mol. The maximum atomic E-state index is 16.2. The van der Waals surface area contributed by atoms with Gasteiger partial charge in [0, 0.05) is 24.2 Å². The van der Waals surface area contributed by atoms with E-state index in [1.54, 1.807) is 67.6 Å². The average molecular weight is 596 g/mol. The number of methoxy groups -OCH3 is 1. The van der Waals surface area contributed by atoms with Crippen molar-refractivity contribution in [3.8, 4) is 5.88 Å². The number of halogens is 1. The molecule has 0 N–H and O–H groups in total. The van der Waals surface area contributed by atoms with Crippen molar-refractivity contribution in [3.05, 3.63) is 114 Å². The average Bonchev–Trinajstić information content (AvgIpc) is 3.58. The molecule has 0 aliphatic carbocycles. The highest BCUT2D eigenvalue weighted by Crippen LogP contribution is 2.46. The van der Waals surface area contributed by atoms with E-state index in [-0.39, 0.29) is 40.7 Å². The third-order valence-corrected chi connectivity index (χ3v) is 7.77. The number of benzene rings is 3. The smallest absolute Gasteiger partial charge is 0.267 e. The predicted octanol–water partition coefficient (Wildman–Crippen LogP) is 5.76. The first-order valence-corrected chi connectivity index (χ1v) is 14.1. The molecule has 4 atom stereocenters. The third-order valence-electron chi connectivity index (χ3n) is 7.77. The molecule has 224 valence electrons. The monoisotopic (exact) mass is 595 g/mol. The maximum Gasteiger partial charge on any atom is 0.267 e. The van der Waals surface area contributed by atoms with Gasteiger partial charge in [-0.3, -0.25) is 14.2 Å². The molecule has 1 aliphatic heterocycles. The van der Waals surface area contributed by atoms with Gasteiger partial charge in [-0.25, -0.2) is 14.3 Å². The first-order chi connectivity index (χ1) is 21.3. The van der Waals surface area contributed by atoms with Gasteiger partial charge in [0.2, 0.25) is 11.8 Å². The van der Waals surface area contributed by atoms with Gasteiger partial charge in [-0.15, -0.1) is 0 Å². The van der Waals surface area contributed by atoms with Crippen LogP contribution in [0.25, 0.3) is 11.2 Å². The zero-order chi connectivity index (χ0) is 30.8. The summed E-state index contributed by atoms with van der Waals surface area (Å²) in [7, 11) is 1.45. The summed E-state index contributed by atoms with van der Waals surface area (Å²) in [5.74, 6) is -2.19. The lowest BCUT2D eigenvalue weighted by molar-refractivity contribution is -0.148. The van der Waals surface area contributed by atoms with Crippen LogP contribution in [0.2, 0.25) is 0 Å². The number of nitrogens with zero attached hydrogens (tertiary/aromatic N) is 5. The van der Waals surface area contributed by atoms with Crippen molar-refractivity contribution < 1.29 is 28.2 Å². The van der Waals surface area contributed by atoms with Crippen molar-refractivity contribution in [1.82, 2.24) is 19.5 Å². The van der Waals surface area contributed by atoms with Gasteiger partial charge in [0.05, 0.1) is 6.33 Å². The van der Waals surface area contributed by atoms with Gasteiger partial charge in [-0.1, -0.05) is 73.7 Å². The highest BCUT2D eigenvalue weighted by atomic mass is 19.1. The minimum absolute atomic E-state index is 0.00854. The lowest BCUT2D eigenvalue weighted by Crippen LogP contribution is -2.38. The number of carbonyl (C=O) groups is 2. The molecule has 44 heavy (non-hydrogen) atoms. The Labute approximate surface area is 253 Å². The van der Waals surface area contributed by atoms with Crippen LogP contribution in [0, 0.1) is 5.92 Å². The number of hydrogen-bond donors (Lipinski definition) is 0. The van der Waals surface area contributed by atoms with Crippen molar-refractivity contribution in [3.63, 3.8) is 0 Å². The number of carbonyl (C=O) groups excluding carboxylic acids is 2. The van der Waals surface area contributed by atoms with Gasteiger partial charge in [0.25, 0.3) is 11.8 Å². The molecule has 5 aromatic rings. The fourth-order valence-electron chi connectivity index (χ4n) is 5.14. The molecule has 1 saturated heterocycles. The Morgan fingerprint density at radius 3 is 2.05 bits per heavy atom. The summed E-state index contributed by atoms with van der Waals surface area (Å²) in [6.07, 6.45) is -0.618. The van der Waals surface area contributed by atoms with E-state index in [0.29, 0.717) is 0 Å². The molecule has 1 aliphatic rings. The van der Waals surface area contributed by atoms with Gasteiger partial charge >= 0.3 is 0 Å². The summed E-state index contributed by atoms with van der Waals surface area (Å²) in [5, 5.41) is 0. The molecule has 0 radical (unpaired) electrons. The fraction of sp³-hybridized carbons (Fsp3) is 0.242. The van der Waals surface area contributed by atoms with Crippen LogP contribution < -0.4 is 9.64 Å². The van der Waals surface area contributed by atoms with Gasteiger partial charge in [0.1, 0.15) is 6.61 Å². The molecule has 6 rings (SSSR count). The summed E-state index contributed by atoms with van der Waals surface area (Å²) < 4.78 is 35.1. The zero-order valence-electron chi connectivity index (χ0n) is 24.3. The fourth-order valence-corrected chi connectivity index (χ4v) is 5.14. The molecule has 2 amide bonds. The number of anilines is 1. The number of imidazole rings is 1. The second-order valence-electron chi connectivity index (χ2n) is 10.6. The molecule has 11 heteroatoms. The minimum Gasteiger partial charge on any atom is -0.471 e. The van der Waals surface area contributed by atoms with Crippen molar-refractivity contribution in [2.24, 2.45) is 5.92 Å². The molecule has 3 heterocycles. The minimum atomic E-state index is -1.89. The molecule has 0 saturated carbocycles. The quantitative estimate of drug-likeness (QED) is 0.209. The number of fused-ring (bicyclic) bond motifs is 1. The number of amides is 2. The maximum absolute atomic E-state index is 16.2. The summed E-state index contributed by atoms with van der Waals surface area (Å²) in [5.41, 5.74) is -0.227. The Morgan fingerprint density at radius 2 is 1.50 bits per heavy atom. The molecule has 0 spiro atoms. The Morgan fingerprint density at radius 1 is 0.932 bits per heavy atom. The van der Waals surface area contributed by atoms with Gasteiger partial charge < -0.3 is 14.2 Å². The van der Waals surface area contributed by atoms with Gasteiger partial charge in [0.15, 0.2) is 29.4 Å². The molecular formula is C33H30FN5O5. The Bertz CT molecular complexity index is 1730. The molecule has 0 unspecified atom stereocenters. The second-order valence-corrected chi connectivity index (χ2v) is 10.6. The van der Waals surface area contributed by atoms with Crippen molar-refractivity contribution in [2.75, 3.05) is 12.0 Å². The van der Waals surface area contributed by atoms with Crippen molar-refractivity contribution in [2.45, 2.75) is 38.6 Å². The van der Waals surface area contributed by atoms with E-state index in [1.807, 2.05) is 30.3 Å². The van der Waals surface area contributed by atoms with E-state index in [2.05, 4.69) is 15.0 Å². The summed E-state index contributed by atoms with van der Waals surface area (Å²) in [6, 6.07) is 26.1. The van der Waals surface area contributed by atoms with E-state index in [0.717, 1.165) is 10.5 Å². The topological polar surface area (TPSA) is 109 Å². The Hall–Kier alpha value is -5.00. The van der Waals surface area contributed by atoms with Gasteiger partial charge in [-0.05, 0) is 36.8 Å². The lowest BCUT2D eigenvalue weighted by atomic mass is 9.93. The van der Waals surface area contributed by atoms with E-state index >= 15 is 4.39 Å². The van der Waals surface area contributed by atoms with Crippen molar-refractivity contribution in [1.29, 1.82) is 0 Å². The van der Waals surface area contributed by atoms with Crippen LogP contribution >= 0.6 is 0 Å². The van der Waals surface area contributed by atoms with Crippen LogP contribution in [0.15, 0.2) is 97.3 Å². The van der Waals surface area contributed by atoms with Crippen LogP contribution in [-0.2, 0) is 16.1 Å². The lowest BCUT2D eigenvalue weighted by Gasteiger charge is -2.25. The van der Waals surface area contributed by atoms with Crippen LogP contribution in [0.5, 0.6) is 5.88 Å². The number of aromatic nitrogens is 4. The zero-order valence-corrected chi connectivity index (χ0v) is 24.3. The first-order valence-electron chi connectivity index (χ1n) is 14.1. The second kappa shape index (κ2) is 11.9. The first kappa shape index (κ1) is 29.1.